The molecule has 2 aromatic rings. The Balaban J connectivity index is 2.11. The van der Waals surface area contributed by atoms with Crippen LogP contribution in [0.15, 0.2) is 12.1 Å². The van der Waals surface area contributed by atoms with E-state index in [-0.39, 0.29) is 0 Å². The number of hydrogen-bond acceptors (Lipinski definition) is 2. The molecule has 0 aliphatic heterocycles. The van der Waals surface area contributed by atoms with E-state index in [4.69, 9.17) is 4.98 Å². The molecule has 0 saturated carbocycles. The fourth-order valence-corrected chi connectivity index (χ4v) is 2.64. The highest BCUT2D eigenvalue weighted by atomic mass is 15.1. The van der Waals surface area contributed by atoms with E-state index >= 15 is 0 Å². The summed E-state index contributed by atoms with van der Waals surface area (Å²) in [5.74, 6) is 1.10. The van der Waals surface area contributed by atoms with Gasteiger partial charge in [0.15, 0.2) is 0 Å². The Morgan fingerprint density at radius 1 is 1.00 bits per heavy atom. The summed E-state index contributed by atoms with van der Waals surface area (Å²) in [6.45, 7) is 12.1. The van der Waals surface area contributed by atoms with Crippen LogP contribution < -0.4 is 0 Å². The van der Waals surface area contributed by atoms with E-state index < -0.39 is 0 Å². The molecule has 0 fully saturated rings. The van der Waals surface area contributed by atoms with Crippen molar-refractivity contribution in [3.8, 4) is 0 Å². The Labute approximate surface area is 128 Å². The van der Waals surface area contributed by atoms with Crippen LogP contribution in [-0.4, -0.2) is 28.0 Å². The molecule has 0 aliphatic carbocycles. The van der Waals surface area contributed by atoms with Gasteiger partial charge in [-0.3, -0.25) is 4.90 Å². The highest BCUT2D eigenvalue weighted by molar-refractivity contribution is 5.77. The Hall–Kier alpha value is -1.35. The van der Waals surface area contributed by atoms with Gasteiger partial charge in [0.25, 0.3) is 0 Å². The van der Waals surface area contributed by atoms with Gasteiger partial charge in [0.1, 0.15) is 5.82 Å². The van der Waals surface area contributed by atoms with Gasteiger partial charge >= 0.3 is 0 Å². The Bertz CT molecular complexity index is 524. The lowest BCUT2D eigenvalue weighted by Gasteiger charge is -2.20. The van der Waals surface area contributed by atoms with E-state index in [0.717, 1.165) is 17.9 Å². The molecule has 3 heteroatoms. The molecule has 0 atom stereocenters. The number of H-pyrrole nitrogens is 1. The maximum atomic E-state index is 4.77. The van der Waals surface area contributed by atoms with Gasteiger partial charge in [-0.15, -0.1) is 0 Å². The van der Waals surface area contributed by atoms with Gasteiger partial charge in [0.05, 0.1) is 17.6 Å². The van der Waals surface area contributed by atoms with Crippen LogP contribution in [0, 0.1) is 13.8 Å². The van der Waals surface area contributed by atoms with Gasteiger partial charge in [-0.2, -0.15) is 0 Å². The SMILES string of the molecule is CCCCN(CCCC)Cc1nc2cc(C)c(C)cc2[nH]1. The lowest BCUT2D eigenvalue weighted by atomic mass is 10.1. The highest BCUT2D eigenvalue weighted by Gasteiger charge is 2.09. The van der Waals surface area contributed by atoms with Crippen LogP contribution in [-0.2, 0) is 6.54 Å². The zero-order valence-corrected chi connectivity index (χ0v) is 14.0. The van der Waals surface area contributed by atoms with Crippen molar-refractivity contribution in [3.63, 3.8) is 0 Å². The zero-order chi connectivity index (χ0) is 15.2. The van der Waals surface area contributed by atoms with Gasteiger partial charge in [0, 0.05) is 0 Å². The smallest absolute Gasteiger partial charge is 0.121 e. The van der Waals surface area contributed by atoms with E-state index in [0.29, 0.717) is 0 Å². The van der Waals surface area contributed by atoms with E-state index in [1.54, 1.807) is 0 Å². The Morgan fingerprint density at radius 2 is 1.62 bits per heavy atom. The van der Waals surface area contributed by atoms with Crippen LogP contribution in [0.25, 0.3) is 11.0 Å². The van der Waals surface area contributed by atoms with Gasteiger partial charge in [-0.05, 0) is 63.0 Å². The molecule has 1 heterocycles. The maximum absolute atomic E-state index is 4.77. The van der Waals surface area contributed by atoms with E-state index in [1.165, 1.54) is 55.4 Å². The summed E-state index contributed by atoms with van der Waals surface area (Å²) in [5.41, 5.74) is 4.90. The molecule has 0 radical (unpaired) electrons. The van der Waals surface area contributed by atoms with Gasteiger partial charge in [0.2, 0.25) is 0 Å². The molecule has 1 N–H and O–H groups in total. The normalized spacial score (nSPS) is 11.7. The van der Waals surface area contributed by atoms with Crippen molar-refractivity contribution < 1.29 is 0 Å². The maximum Gasteiger partial charge on any atom is 0.121 e. The lowest BCUT2D eigenvalue weighted by molar-refractivity contribution is 0.252. The van der Waals surface area contributed by atoms with Crippen LogP contribution in [0.5, 0.6) is 0 Å². The van der Waals surface area contributed by atoms with Gasteiger partial charge in [-0.1, -0.05) is 26.7 Å². The first kappa shape index (κ1) is 16.0. The Kier molecular flexibility index (Phi) is 5.80. The van der Waals surface area contributed by atoms with Crippen LogP contribution in [0.3, 0.4) is 0 Å². The molecule has 1 aromatic carbocycles. The molecule has 0 unspecified atom stereocenters. The number of nitrogens with zero attached hydrogens (tertiary/aromatic N) is 2. The van der Waals surface area contributed by atoms with E-state index in [9.17, 15) is 0 Å². The standard InChI is InChI=1S/C18H29N3/c1-5-7-9-21(10-8-6-2)13-18-19-16-11-14(3)15(4)12-17(16)20-18/h11-12H,5-10,13H2,1-4H3,(H,19,20). The summed E-state index contributed by atoms with van der Waals surface area (Å²) in [4.78, 5) is 10.8. The summed E-state index contributed by atoms with van der Waals surface area (Å²) in [5, 5.41) is 0. The summed E-state index contributed by atoms with van der Waals surface area (Å²) in [7, 11) is 0. The summed E-state index contributed by atoms with van der Waals surface area (Å²) >= 11 is 0. The van der Waals surface area contributed by atoms with Gasteiger partial charge in [-0.25, -0.2) is 4.98 Å². The number of hydrogen-bond donors (Lipinski definition) is 1. The largest absolute Gasteiger partial charge is 0.341 e. The van der Waals surface area contributed by atoms with E-state index in [2.05, 4.69) is 49.7 Å². The molecular formula is C18H29N3. The summed E-state index contributed by atoms with van der Waals surface area (Å²) in [6, 6.07) is 4.40. The van der Waals surface area contributed by atoms with Crippen molar-refractivity contribution in [1.82, 2.24) is 14.9 Å². The first-order valence-electron chi connectivity index (χ1n) is 8.32. The van der Waals surface area contributed by atoms with Crippen molar-refractivity contribution in [3.05, 3.63) is 29.1 Å². The minimum absolute atomic E-state index is 0.937. The molecule has 0 bridgehead atoms. The predicted octanol–water partition coefficient (Wildman–Crippen LogP) is 4.58. The second kappa shape index (κ2) is 7.60. The van der Waals surface area contributed by atoms with Crippen LogP contribution in [0.2, 0.25) is 0 Å². The van der Waals surface area contributed by atoms with Gasteiger partial charge < -0.3 is 4.98 Å². The summed E-state index contributed by atoms with van der Waals surface area (Å²) in [6.07, 6.45) is 5.03. The minimum atomic E-state index is 0.937. The number of unbranched alkanes of at least 4 members (excludes halogenated alkanes) is 2. The van der Waals surface area contributed by atoms with Crippen molar-refractivity contribution in [1.29, 1.82) is 0 Å². The molecule has 21 heavy (non-hydrogen) atoms. The highest BCUT2D eigenvalue weighted by Crippen LogP contribution is 2.18. The topological polar surface area (TPSA) is 31.9 Å². The quantitative estimate of drug-likeness (QED) is 0.770. The number of aryl methyl sites for hydroxylation is 2. The third kappa shape index (κ3) is 4.31. The molecule has 0 amide bonds. The molecule has 2 rings (SSSR count). The number of rotatable bonds is 8. The number of aromatic amines is 1. The zero-order valence-electron chi connectivity index (χ0n) is 14.0. The molecule has 3 nitrogen and oxygen atoms in total. The monoisotopic (exact) mass is 287 g/mol. The lowest BCUT2D eigenvalue weighted by Crippen LogP contribution is -2.26. The van der Waals surface area contributed by atoms with Crippen molar-refractivity contribution in [2.75, 3.05) is 13.1 Å². The number of fused-ring (bicyclic) bond motifs is 1. The van der Waals surface area contributed by atoms with Crippen molar-refractivity contribution in [2.24, 2.45) is 0 Å². The number of benzene rings is 1. The molecule has 1 aromatic heterocycles. The third-order valence-corrected chi connectivity index (χ3v) is 4.18. The van der Waals surface area contributed by atoms with Crippen molar-refractivity contribution in [2.45, 2.75) is 59.9 Å². The van der Waals surface area contributed by atoms with Crippen LogP contribution >= 0.6 is 0 Å². The van der Waals surface area contributed by atoms with E-state index in [1.807, 2.05) is 0 Å². The molecular weight excluding hydrogens is 258 g/mol. The van der Waals surface area contributed by atoms with Crippen LogP contribution in [0.4, 0.5) is 0 Å². The molecule has 116 valence electrons. The summed E-state index contributed by atoms with van der Waals surface area (Å²) < 4.78 is 0. The van der Waals surface area contributed by atoms with Crippen LogP contribution in [0.1, 0.15) is 56.5 Å². The third-order valence-electron chi connectivity index (χ3n) is 4.18. The predicted molar refractivity (Wildman–Crippen MR) is 90.7 cm³/mol. The molecule has 0 aliphatic rings. The fraction of sp³-hybridized carbons (Fsp3) is 0.611. The average molecular weight is 287 g/mol. The first-order valence-corrected chi connectivity index (χ1v) is 8.32. The van der Waals surface area contributed by atoms with Crippen molar-refractivity contribution >= 4 is 11.0 Å². The second-order valence-electron chi connectivity index (χ2n) is 6.12. The molecule has 0 saturated heterocycles. The Morgan fingerprint density at radius 3 is 2.24 bits per heavy atom. The second-order valence-corrected chi connectivity index (χ2v) is 6.12. The number of imidazole rings is 1. The number of aromatic nitrogens is 2. The average Bonchev–Trinajstić information content (AvgIpc) is 2.83. The first-order chi connectivity index (χ1) is 10.1. The molecule has 0 spiro atoms. The minimum Gasteiger partial charge on any atom is -0.341 e. The fourth-order valence-electron chi connectivity index (χ4n) is 2.64. The number of nitrogens with one attached hydrogen (secondary N) is 1.